The molecule has 0 radical (unpaired) electrons. The molecule has 1 saturated heterocycles. The van der Waals surface area contributed by atoms with Crippen molar-refractivity contribution >= 4 is 17.6 Å². The summed E-state index contributed by atoms with van der Waals surface area (Å²) >= 11 is 0. The molecule has 6 nitrogen and oxygen atoms in total. The number of nitrogens with zero attached hydrogens (tertiary/aromatic N) is 2. The first kappa shape index (κ1) is 17.2. The van der Waals surface area contributed by atoms with Crippen molar-refractivity contribution in [3.63, 3.8) is 0 Å². The number of benzene rings is 1. The van der Waals surface area contributed by atoms with Gasteiger partial charge >= 0.3 is 0 Å². The number of hydrogen-bond acceptors (Lipinski definition) is 4. The summed E-state index contributed by atoms with van der Waals surface area (Å²) in [5.74, 6) is 0.846. The van der Waals surface area contributed by atoms with Crippen LogP contribution in [0.25, 0.3) is 0 Å². The molecule has 1 aromatic heterocycles. The van der Waals surface area contributed by atoms with Crippen LogP contribution in [0.1, 0.15) is 36.1 Å². The van der Waals surface area contributed by atoms with E-state index in [1.54, 1.807) is 17.9 Å². The van der Waals surface area contributed by atoms with Crippen LogP contribution < -0.4 is 5.32 Å². The second-order valence-electron chi connectivity index (χ2n) is 6.54. The van der Waals surface area contributed by atoms with Crippen LogP contribution in [0.2, 0.25) is 0 Å². The fourth-order valence-electron chi connectivity index (χ4n) is 3.12. The molecule has 2 heterocycles. The average Bonchev–Trinajstić information content (AvgIpc) is 3.23. The van der Waals surface area contributed by atoms with Crippen molar-refractivity contribution in [3.05, 3.63) is 47.2 Å². The van der Waals surface area contributed by atoms with Gasteiger partial charge in [0.25, 0.3) is 0 Å². The number of likely N-dealkylation sites (tertiary alicyclic amines) is 1. The molecular weight excluding hydrogens is 318 g/mol. The minimum Gasteiger partial charge on any atom is -0.360 e. The minimum atomic E-state index is -0.428. The standard InChI is InChI=1S/C19H23N3O3/c1-13-5-7-15(8-6-13)9-10-18(23)22-11-3-4-16(22)19(24)20-17-12-14(2)25-21-17/h5-8,12,16H,3-4,9-11H2,1-2H3,(H,20,21,24)/t16-/m0/s1. The molecule has 1 aromatic carbocycles. The fraction of sp³-hybridized carbons (Fsp3) is 0.421. The summed E-state index contributed by atoms with van der Waals surface area (Å²) in [4.78, 5) is 26.7. The van der Waals surface area contributed by atoms with E-state index >= 15 is 0 Å². The Kier molecular flexibility index (Phi) is 5.16. The number of aromatic nitrogens is 1. The number of rotatable bonds is 5. The number of nitrogens with one attached hydrogen (secondary N) is 1. The largest absolute Gasteiger partial charge is 0.360 e. The molecule has 6 heteroatoms. The topological polar surface area (TPSA) is 75.4 Å². The van der Waals surface area contributed by atoms with Crippen molar-refractivity contribution in [1.29, 1.82) is 0 Å². The molecular formula is C19H23N3O3. The third-order valence-electron chi connectivity index (χ3n) is 4.50. The number of carbonyl (C=O) groups excluding carboxylic acids is 2. The van der Waals surface area contributed by atoms with Gasteiger partial charge in [0.15, 0.2) is 5.82 Å². The Morgan fingerprint density at radius 2 is 2.04 bits per heavy atom. The second kappa shape index (κ2) is 7.51. The van der Waals surface area contributed by atoms with E-state index in [1.807, 2.05) is 31.2 Å². The third-order valence-corrected chi connectivity index (χ3v) is 4.50. The van der Waals surface area contributed by atoms with Gasteiger partial charge in [-0.2, -0.15) is 0 Å². The molecule has 1 aliphatic heterocycles. The third kappa shape index (κ3) is 4.26. The summed E-state index contributed by atoms with van der Waals surface area (Å²) < 4.78 is 4.95. The van der Waals surface area contributed by atoms with Crippen molar-refractivity contribution in [2.45, 2.75) is 45.6 Å². The lowest BCUT2D eigenvalue weighted by molar-refractivity contribution is -0.136. The highest BCUT2D eigenvalue weighted by molar-refractivity contribution is 5.96. The Labute approximate surface area is 147 Å². The summed E-state index contributed by atoms with van der Waals surface area (Å²) in [5.41, 5.74) is 2.34. The maximum absolute atomic E-state index is 12.6. The van der Waals surface area contributed by atoms with Gasteiger partial charge in [-0.15, -0.1) is 0 Å². The number of hydrogen-bond donors (Lipinski definition) is 1. The smallest absolute Gasteiger partial charge is 0.248 e. The molecule has 3 rings (SSSR count). The molecule has 0 spiro atoms. The molecule has 0 bridgehead atoms. The van der Waals surface area contributed by atoms with Gasteiger partial charge in [-0.1, -0.05) is 35.0 Å². The quantitative estimate of drug-likeness (QED) is 0.907. The van der Waals surface area contributed by atoms with Gasteiger partial charge in [-0.05, 0) is 38.7 Å². The van der Waals surface area contributed by atoms with Crippen LogP contribution in [0.15, 0.2) is 34.9 Å². The molecule has 25 heavy (non-hydrogen) atoms. The lowest BCUT2D eigenvalue weighted by Crippen LogP contribution is -2.43. The predicted octanol–water partition coefficient (Wildman–Crippen LogP) is 2.85. The van der Waals surface area contributed by atoms with E-state index in [1.165, 1.54) is 5.56 Å². The van der Waals surface area contributed by atoms with Crippen LogP contribution in [0.4, 0.5) is 5.82 Å². The first-order valence-corrected chi connectivity index (χ1v) is 8.62. The zero-order valence-electron chi connectivity index (χ0n) is 14.6. The van der Waals surface area contributed by atoms with E-state index in [0.717, 1.165) is 12.0 Å². The summed E-state index contributed by atoms with van der Waals surface area (Å²) in [6.45, 7) is 4.43. The van der Waals surface area contributed by atoms with Gasteiger partial charge in [-0.25, -0.2) is 0 Å². The molecule has 1 N–H and O–H groups in total. The molecule has 0 aliphatic carbocycles. The number of aryl methyl sites for hydroxylation is 3. The highest BCUT2D eigenvalue weighted by Gasteiger charge is 2.34. The Hall–Kier alpha value is -2.63. The monoisotopic (exact) mass is 341 g/mol. The molecule has 0 unspecified atom stereocenters. The number of anilines is 1. The van der Waals surface area contributed by atoms with Gasteiger partial charge in [0.2, 0.25) is 11.8 Å². The molecule has 1 fully saturated rings. The summed E-state index contributed by atoms with van der Waals surface area (Å²) in [7, 11) is 0. The normalized spacial score (nSPS) is 16.9. The van der Waals surface area contributed by atoms with Gasteiger partial charge in [0.05, 0.1) is 0 Å². The van der Waals surface area contributed by atoms with Crippen LogP contribution in [0.5, 0.6) is 0 Å². The van der Waals surface area contributed by atoms with Crippen LogP contribution >= 0.6 is 0 Å². The van der Waals surface area contributed by atoms with E-state index in [4.69, 9.17) is 4.52 Å². The minimum absolute atomic E-state index is 0.0227. The highest BCUT2D eigenvalue weighted by Crippen LogP contribution is 2.21. The zero-order chi connectivity index (χ0) is 17.8. The fourth-order valence-corrected chi connectivity index (χ4v) is 3.12. The van der Waals surface area contributed by atoms with E-state index in [2.05, 4.69) is 10.5 Å². The van der Waals surface area contributed by atoms with E-state index in [-0.39, 0.29) is 11.8 Å². The molecule has 0 saturated carbocycles. The van der Waals surface area contributed by atoms with Crippen LogP contribution in [-0.4, -0.2) is 34.5 Å². The lowest BCUT2D eigenvalue weighted by Gasteiger charge is -2.23. The van der Waals surface area contributed by atoms with Crippen molar-refractivity contribution < 1.29 is 14.1 Å². The van der Waals surface area contributed by atoms with Gasteiger partial charge in [-0.3, -0.25) is 9.59 Å². The zero-order valence-corrected chi connectivity index (χ0v) is 14.6. The first-order chi connectivity index (χ1) is 12.0. The maximum Gasteiger partial charge on any atom is 0.248 e. The van der Waals surface area contributed by atoms with Gasteiger partial charge < -0.3 is 14.7 Å². The molecule has 1 atom stereocenters. The second-order valence-corrected chi connectivity index (χ2v) is 6.54. The SMILES string of the molecule is Cc1ccc(CCC(=O)N2CCC[C@H]2C(=O)Nc2cc(C)on2)cc1. The van der Waals surface area contributed by atoms with Gasteiger partial charge in [0, 0.05) is 19.0 Å². The summed E-state index contributed by atoms with van der Waals surface area (Å²) in [6, 6.07) is 9.42. The summed E-state index contributed by atoms with van der Waals surface area (Å²) in [5, 5.41) is 6.50. The Morgan fingerprint density at radius 3 is 2.72 bits per heavy atom. The predicted molar refractivity (Wildman–Crippen MR) is 94.1 cm³/mol. The van der Waals surface area contributed by atoms with Crippen LogP contribution in [0, 0.1) is 13.8 Å². The first-order valence-electron chi connectivity index (χ1n) is 8.62. The molecule has 1 aliphatic rings. The lowest BCUT2D eigenvalue weighted by atomic mass is 10.1. The summed E-state index contributed by atoms with van der Waals surface area (Å²) in [6.07, 6.45) is 2.62. The Bertz CT molecular complexity index is 752. The van der Waals surface area contributed by atoms with Crippen molar-refractivity contribution in [2.24, 2.45) is 0 Å². The number of carbonyl (C=O) groups is 2. The van der Waals surface area contributed by atoms with Crippen LogP contribution in [0.3, 0.4) is 0 Å². The molecule has 2 amide bonds. The Balaban J connectivity index is 1.57. The van der Waals surface area contributed by atoms with Crippen molar-refractivity contribution in [1.82, 2.24) is 10.1 Å². The maximum atomic E-state index is 12.6. The number of amides is 2. The van der Waals surface area contributed by atoms with Gasteiger partial charge in [0.1, 0.15) is 11.8 Å². The van der Waals surface area contributed by atoms with Crippen molar-refractivity contribution in [2.75, 3.05) is 11.9 Å². The van der Waals surface area contributed by atoms with E-state index < -0.39 is 6.04 Å². The molecule has 2 aromatic rings. The van der Waals surface area contributed by atoms with E-state index in [0.29, 0.717) is 37.4 Å². The molecule has 132 valence electrons. The van der Waals surface area contributed by atoms with E-state index in [9.17, 15) is 9.59 Å². The van der Waals surface area contributed by atoms with Crippen LogP contribution in [-0.2, 0) is 16.0 Å². The Morgan fingerprint density at radius 1 is 1.28 bits per heavy atom. The van der Waals surface area contributed by atoms with Crippen molar-refractivity contribution in [3.8, 4) is 0 Å². The average molecular weight is 341 g/mol. The highest BCUT2D eigenvalue weighted by atomic mass is 16.5.